The summed E-state index contributed by atoms with van der Waals surface area (Å²) >= 11 is 3.29. The van der Waals surface area contributed by atoms with Gasteiger partial charge in [0.25, 0.3) is 5.91 Å². The summed E-state index contributed by atoms with van der Waals surface area (Å²) in [6, 6.07) is 8.36. The van der Waals surface area contributed by atoms with Crippen molar-refractivity contribution < 1.29 is 10.0 Å². The molecule has 0 bridgehead atoms. The number of benzene rings is 1. The molecular weight excluding hydrogens is 324 g/mol. The predicted octanol–water partition coefficient (Wildman–Crippen LogP) is 2.19. The van der Waals surface area contributed by atoms with Crippen molar-refractivity contribution in [2.45, 2.75) is 0 Å². The van der Waals surface area contributed by atoms with E-state index < -0.39 is 0 Å². The molecule has 0 aliphatic heterocycles. The van der Waals surface area contributed by atoms with Crippen LogP contribution in [-0.4, -0.2) is 21.9 Å². The van der Waals surface area contributed by atoms with E-state index in [2.05, 4.69) is 31.4 Å². The number of oxime groups is 1. The van der Waals surface area contributed by atoms with E-state index in [1.54, 1.807) is 36.5 Å². The zero-order valence-corrected chi connectivity index (χ0v) is 11.8. The topological polar surface area (TPSA) is 101 Å². The first kappa shape index (κ1) is 14.0. The van der Waals surface area contributed by atoms with Crippen molar-refractivity contribution in [3.8, 4) is 0 Å². The molecule has 0 radical (unpaired) electrons. The first-order chi connectivity index (χ1) is 9.61. The van der Waals surface area contributed by atoms with E-state index in [0.717, 1.165) is 4.47 Å². The fourth-order valence-corrected chi connectivity index (χ4v) is 1.94. The van der Waals surface area contributed by atoms with Gasteiger partial charge in [-0.1, -0.05) is 21.1 Å². The highest BCUT2D eigenvalue weighted by atomic mass is 79.9. The van der Waals surface area contributed by atoms with E-state index in [9.17, 15) is 4.79 Å². The van der Waals surface area contributed by atoms with Crippen molar-refractivity contribution in [3.05, 3.63) is 58.3 Å². The summed E-state index contributed by atoms with van der Waals surface area (Å²) in [7, 11) is 0. The van der Waals surface area contributed by atoms with E-state index >= 15 is 0 Å². The lowest BCUT2D eigenvalue weighted by Crippen LogP contribution is -2.19. The summed E-state index contributed by atoms with van der Waals surface area (Å²) in [4.78, 5) is 15.9. The number of halogens is 1. The average molecular weight is 335 g/mol. The Morgan fingerprint density at radius 1 is 1.40 bits per heavy atom. The summed E-state index contributed by atoms with van der Waals surface area (Å²) in [5, 5.41) is 14.4. The Kier molecular flexibility index (Phi) is 4.31. The predicted molar refractivity (Wildman–Crippen MR) is 78.8 cm³/mol. The number of amidine groups is 1. The van der Waals surface area contributed by atoms with Gasteiger partial charge in [-0.15, -0.1) is 0 Å². The van der Waals surface area contributed by atoms with Crippen LogP contribution < -0.4 is 11.1 Å². The van der Waals surface area contributed by atoms with Crippen molar-refractivity contribution in [2.24, 2.45) is 10.9 Å². The zero-order chi connectivity index (χ0) is 14.5. The maximum absolute atomic E-state index is 12.1. The standard InChI is InChI=1S/C13H11BrN4O2/c14-9-3-4-11(10(6-9)12(15)18-20)17-13(19)8-2-1-5-16-7-8/h1-7,20H,(H2,15,18)(H,17,19). The molecule has 6 nitrogen and oxygen atoms in total. The highest BCUT2D eigenvalue weighted by Crippen LogP contribution is 2.21. The van der Waals surface area contributed by atoms with Gasteiger partial charge in [-0.3, -0.25) is 9.78 Å². The molecule has 102 valence electrons. The minimum atomic E-state index is -0.326. The van der Waals surface area contributed by atoms with Crippen molar-refractivity contribution in [1.29, 1.82) is 0 Å². The number of amides is 1. The van der Waals surface area contributed by atoms with Crippen LogP contribution in [0.3, 0.4) is 0 Å². The SMILES string of the molecule is N/C(=N/O)c1cc(Br)ccc1NC(=O)c1cccnc1. The van der Waals surface area contributed by atoms with Gasteiger partial charge in [-0.05, 0) is 30.3 Å². The molecule has 4 N–H and O–H groups in total. The number of carbonyl (C=O) groups is 1. The minimum Gasteiger partial charge on any atom is -0.409 e. The quantitative estimate of drug-likeness (QED) is 0.346. The van der Waals surface area contributed by atoms with Crippen molar-refractivity contribution in [2.75, 3.05) is 5.32 Å². The van der Waals surface area contributed by atoms with Gasteiger partial charge < -0.3 is 16.3 Å². The number of nitrogens with one attached hydrogen (secondary N) is 1. The highest BCUT2D eigenvalue weighted by molar-refractivity contribution is 9.10. The van der Waals surface area contributed by atoms with E-state index in [1.807, 2.05) is 0 Å². The molecule has 0 saturated heterocycles. The molecule has 20 heavy (non-hydrogen) atoms. The van der Waals surface area contributed by atoms with Crippen LogP contribution in [0.25, 0.3) is 0 Å². The van der Waals surface area contributed by atoms with E-state index in [-0.39, 0.29) is 11.7 Å². The Hall–Kier alpha value is -2.41. The maximum atomic E-state index is 12.1. The van der Waals surface area contributed by atoms with Gasteiger partial charge in [0.05, 0.1) is 11.3 Å². The van der Waals surface area contributed by atoms with Crippen LogP contribution in [-0.2, 0) is 0 Å². The van der Waals surface area contributed by atoms with Crippen LogP contribution in [0.15, 0.2) is 52.4 Å². The number of hydrogen-bond donors (Lipinski definition) is 3. The van der Waals surface area contributed by atoms with Gasteiger partial charge >= 0.3 is 0 Å². The van der Waals surface area contributed by atoms with Crippen LogP contribution in [0.4, 0.5) is 5.69 Å². The third kappa shape index (κ3) is 3.12. The molecule has 1 amide bonds. The largest absolute Gasteiger partial charge is 0.409 e. The van der Waals surface area contributed by atoms with Crippen LogP contribution in [0, 0.1) is 0 Å². The molecule has 0 aliphatic rings. The second-order valence-electron chi connectivity index (χ2n) is 3.87. The summed E-state index contributed by atoms with van der Waals surface area (Å²) in [5.74, 6) is -0.416. The smallest absolute Gasteiger partial charge is 0.257 e. The Labute approximate surface area is 123 Å². The number of pyridine rings is 1. The second-order valence-corrected chi connectivity index (χ2v) is 4.79. The summed E-state index contributed by atoms with van der Waals surface area (Å²) in [5.41, 5.74) is 6.87. The lowest BCUT2D eigenvalue weighted by atomic mass is 10.1. The lowest BCUT2D eigenvalue weighted by molar-refractivity contribution is 0.102. The van der Waals surface area contributed by atoms with E-state index in [0.29, 0.717) is 16.8 Å². The third-order valence-corrected chi connectivity index (χ3v) is 3.03. The summed E-state index contributed by atoms with van der Waals surface area (Å²) in [6.45, 7) is 0. The molecule has 2 aromatic rings. The number of anilines is 1. The molecule has 0 fully saturated rings. The second kappa shape index (κ2) is 6.16. The molecule has 0 aliphatic carbocycles. The molecule has 0 unspecified atom stereocenters. The van der Waals surface area contributed by atoms with Gasteiger partial charge in [-0.25, -0.2) is 0 Å². The molecule has 2 rings (SSSR count). The monoisotopic (exact) mass is 334 g/mol. The first-order valence-corrected chi connectivity index (χ1v) is 6.40. The third-order valence-electron chi connectivity index (χ3n) is 2.54. The van der Waals surface area contributed by atoms with Crippen LogP contribution in [0.5, 0.6) is 0 Å². The fraction of sp³-hybridized carbons (Fsp3) is 0. The molecule has 7 heteroatoms. The summed E-state index contributed by atoms with van der Waals surface area (Å²) in [6.07, 6.45) is 3.04. The minimum absolute atomic E-state index is 0.0900. The van der Waals surface area contributed by atoms with Crippen LogP contribution in [0.2, 0.25) is 0 Å². The van der Waals surface area contributed by atoms with Crippen LogP contribution in [0.1, 0.15) is 15.9 Å². The first-order valence-electron chi connectivity index (χ1n) is 5.60. The van der Waals surface area contributed by atoms with Gasteiger partial charge in [-0.2, -0.15) is 0 Å². The van der Waals surface area contributed by atoms with E-state index in [4.69, 9.17) is 10.9 Å². The van der Waals surface area contributed by atoms with Crippen molar-refractivity contribution >= 4 is 33.4 Å². The Balaban J connectivity index is 2.32. The van der Waals surface area contributed by atoms with Crippen LogP contribution >= 0.6 is 15.9 Å². The number of hydrogen-bond acceptors (Lipinski definition) is 4. The summed E-state index contributed by atoms with van der Waals surface area (Å²) < 4.78 is 0.749. The fourth-order valence-electron chi connectivity index (χ4n) is 1.58. The molecule has 0 atom stereocenters. The molecule has 0 spiro atoms. The lowest BCUT2D eigenvalue weighted by Gasteiger charge is -2.10. The van der Waals surface area contributed by atoms with E-state index in [1.165, 1.54) is 6.20 Å². The molecular formula is C13H11BrN4O2. The molecule has 0 saturated carbocycles. The van der Waals surface area contributed by atoms with Gasteiger partial charge in [0.15, 0.2) is 5.84 Å². The number of rotatable bonds is 3. The van der Waals surface area contributed by atoms with Gasteiger partial charge in [0.1, 0.15) is 0 Å². The average Bonchev–Trinajstić information content (AvgIpc) is 2.49. The Morgan fingerprint density at radius 2 is 2.20 bits per heavy atom. The number of nitrogens with two attached hydrogens (primary N) is 1. The number of aromatic nitrogens is 1. The molecule has 1 aromatic heterocycles. The zero-order valence-electron chi connectivity index (χ0n) is 10.2. The Morgan fingerprint density at radius 3 is 2.85 bits per heavy atom. The van der Waals surface area contributed by atoms with Crippen molar-refractivity contribution in [3.63, 3.8) is 0 Å². The molecule has 1 heterocycles. The van der Waals surface area contributed by atoms with Gasteiger partial charge in [0, 0.05) is 22.4 Å². The molecule has 1 aromatic carbocycles. The normalized spacial score (nSPS) is 11.2. The highest BCUT2D eigenvalue weighted by Gasteiger charge is 2.12. The Bertz CT molecular complexity index is 659. The van der Waals surface area contributed by atoms with Crippen molar-refractivity contribution in [1.82, 2.24) is 4.98 Å². The maximum Gasteiger partial charge on any atom is 0.257 e. The number of nitrogens with zero attached hydrogens (tertiary/aromatic N) is 2. The van der Waals surface area contributed by atoms with Gasteiger partial charge in [0.2, 0.25) is 0 Å². The number of carbonyl (C=O) groups excluding carboxylic acids is 1.